The fraction of sp³-hybridized carbons (Fsp3) is 0.273. The van der Waals surface area contributed by atoms with E-state index in [-0.39, 0.29) is 18.8 Å². The van der Waals surface area contributed by atoms with Crippen LogP contribution in [0.15, 0.2) is 18.2 Å². The monoisotopic (exact) mass is 258 g/mol. The second-order valence-electron chi connectivity index (χ2n) is 3.62. The van der Waals surface area contributed by atoms with E-state index in [4.69, 9.17) is 23.2 Å². The Morgan fingerprint density at radius 1 is 1.12 bits per heavy atom. The molecule has 1 aromatic rings. The lowest BCUT2D eigenvalue weighted by Crippen LogP contribution is -2.24. The molecule has 84 valence electrons. The molecule has 0 amide bonds. The Morgan fingerprint density at radius 3 is 2.38 bits per heavy atom. The van der Waals surface area contributed by atoms with E-state index in [2.05, 4.69) is 4.74 Å². The molecule has 5 heteroatoms. The highest BCUT2D eigenvalue weighted by Gasteiger charge is 2.29. The molecule has 0 unspecified atom stereocenters. The van der Waals surface area contributed by atoms with Gasteiger partial charge in [0.15, 0.2) is 0 Å². The van der Waals surface area contributed by atoms with Crippen LogP contribution < -0.4 is 0 Å². The molecular formula is C11H8Cl2O3. The van der Waals surface area contributed by atoms with Crippen molar-refractivity contribution in [3.05, 3.63) is 33.8 Å². The molecule has 0 saturated carbocycles. The number of ether oxygens (including phenoxy) is 1. The molecule has 3 nitrogen and oxygen atoms in total. The second-order valence-corrected chi connectivity index (χ2v) is 4.46. The van der Waals surface area contributed by atoms with Crippen molar-refractivity contribution in [3.8, 4) is 0 Å². The highest BCUT2D eigenvalue weighted by atomic mass is 35.5. The number of benzene rings is 1. The number of esters is 2. The molecule has 16 heavy (non-hydrogen) atoms. The average molecular weight is 259 g/mol. The molecule has 0 N–H and O–H groups in total. The third-order valence-corrected chi connectivity index (χ3v) is 3.03. The molecule has 2 rings (SSSR count). The molecule has 0 aromatic heterocycles. The summed E-state index contributed by atoms with van der Waals surface area (Å²) in [6.07, 6.45) is 0.317. The summed E-state index contributed by atoms with van der Waals surface area (Å²) in [7, 11) is 0. The van der Waals surface area contributed by atoms with Gasteiger partial charge >= 0.3 is 11.9 Å². The van der Waals surface area contributed by atoms with E-state index in [9.17, 15) is 9.59 Å². The third-order valence-electron chi connectivity index (χ3n) is 2.45. The summed E-state index contributed by atoms with van der Waals surface area (Å²) < 4.78 is 4.45. The molecule has 0 bridgehead atoms. The minimum Gasteiger partial charge on any atom is -0.393 e. The number of carbonyl (C=O) groups is 2. The summed E-state index contributed by atoms with van der Waals surface area (Å²) in [6.45, 7) is 0. The topological polar surface area (TPSA) is 43.4 Å². The first-order valence-electron chi connectivity index (χ1n) is 4.74. The predicted molar refractivity (Wildman–Crippen MR) is 59.5 cm³/mol. The van der Waals surface area contributed by atoms with E-state index < -0.39 is 11.9 Å². The van der Waals surface area contributed by atoms with Crippen molar-refractivity contribution < 1.29 is 14.3 Å². The van der Waals surface area contributed by atoms with Crippen molar-refractivity contribution in [2.75, 3.05) is 0 Å². The molecule has 0 spiro atoms. The lowest BCUT2D eigenvalue weighted by molar-refractivity contribution is -0.163. The normalized spacial score (nSPS) is 17.4. The number of halogens is 2. The zero-order valence-electron chi connectivity index (χ0n) is 8.20. The Morgan fingerprint density at radius 2 is 1.75 bits per heavy atom. The number of cyclic esters (lactones) is 2. The number of carbonyl (C=O) groups excluding carboxylic acids is 2. The number of hydrogen-bond acceptors (Lipinski definition) is 3. The van der Waals surface area contributed by atoms with Crippen LogP contribution in [0.3, 0.4) is 0 Å². The van der Waals surface area contributed by atoms with E-state index in [0.29, 0.717) is 10.0 Å². The van der Waals surface area contributed by atoms with Crippen molar-refractivity contribution >= 4 is 35.1 Å². The van der Waals surface area contributed by atoms with Crippen molar-refractivity contribution in [2.45, 2.75) is 18.8 Å². The Bertz CT molecular complexity index is 441. The molecule has 1 aromatic carbocycles. The summed E-state index contributed by atoms with van der Waals surface area (Å²) >= 11 is 11.9. The van der Waals surface area contributed by atoms with Gasteiger partial charge in [0.25, 0.3) is 0 Å². The van der Waals surface area contributed by atoms with Gasteiger partial charge in [-0.15, -0.1) is 0 Å². The average Bonchev–Trinajstić information content (AvgIpc) is 2.20. The zero-order valence-corrected chi connectivity index (χ0v) is 9.72. The predicted octanol–water partition coefficient (Wildman–Crippen LogP) is 2.94. The molecule has 1 aliphatic heterocycles. The summed E-state index contributed by atoms with van der Waals surface area (Å²) in [6, 6.07) is 5.00. The molecule has 0 atom stereocenters. The van der Waals surface area contributed by atoms with Gasteiger partial charge in [-0.1, -0.05) is 23.2 Å². The Labute approximate surface area is 102 Å². The van der Waals surface area contributed by atoms with E-state index >= 15 is 0 Å². The van der Waals surface area contributed by atoms with Crippen LogP contribution in [0.5, 0.6) is 0 Å². The van der Waals surface area contributed by atoms with Crippen LogP contribution in [-0.2, 0) is 14.3 Å². The maximum atomic E-state index is 11.1. The van der Waals surface area contributed by atoms with Gasteiger partial charge in [0.1, 0.15) is 0 Å². The highest BCUT2D eigenvalue weighted by molar-refractivity contribution is 6.33. The third kappa shape index (κ3) is 2.36. The molecular weight excluding hydrogens is 251 g/mol. The molecule has 1 heterocycles. The second kappa shape index (κ2) is 4.44. The lowest BCUT2D eigenvalue weighted by atomic mass is 9.91. The molecule has 1 fully saturated rings. The first-order valence-corrected chi connectivity index (χ1v) is 5.50. The van der Waals surface area contributed by atoms with Gasteiger partial charge in [0.05, 0.1) is 12.8 Å². The fourth-order valence-electron chi connectivity index (χ4n) is 1.73. The van der Waals surface area contributed by atoms with Crippen LogP contribution in [-0.4, -0.2) is 11.9 Å². The smallest absolute Gasteiger partial charge is 0.314 e. The molecule has 1 aliphatic rings. The molecule has 1 saturated heterocycles. The van der Waals surface area contributed by atoms with Crippen molar-refractivity contribution in [1.82, 2.24) is 0 Å². The summed E-state index contributed by atoms with van der Waals surface area (Å²) in [5.41, 5.74) is 0.721. The van der Waals surface area contributed by atoms with Crippen LogP contribution >= 0.6 is 23.2 Å². The van der Waals surface area contributed by atoms with E-state index in [1.165, 1.54) is 0 Å². The molecule has 0 radical (unpaired) electrons. The van der Waals surface area contributed by atoms with Gasteiger partial charge in [0.2, 0.25) is 0 Å². The maximum Gasteiger partial charge on any atom is 0.314 e. The van der Waals surface area contributed by atoms with Crippen LogP contribution in [0.1, 0.15) is 24.3 Å². The Hall–Kier alpha value is -1.06. The van der Waals surface area contributed by atoms with Crippen LogP contribution in [0.4, 0.5) is 0 Å². The standard InChI is InChI=1S/C11H8Cl2O3/c12-7-1-2-9(13)8(5-7)6-3-10(14)16-11(15)4-6/h1-2,5-6H,3-4H2. The van der Waals surface area contributed by atoms with E-state index in [0.717, 1.165) is 5.56 Å². The van der Waals surface area contributed by atoms with Crippen molar-refractivity contribution in [3.63, 3.8) is 0 Å². The highest BCUT2D eigenvalue weighted by Crippen LogP contribution is 2.34. The van der Waals surface area contributed by atoms with Gasteiger partial charge in [-0.05, 0) is 23.8 Å². The lowest BCUT2D eigenvalue weighted by Gasteiger charge is -2.21. The van der Waals surface area contributed by atoms with Crippen molar-refractivity contribution in [1.29, 1.82) is 0 Å². The summed E-state index contributed by atoms with van der Waals surface area (Å²) in [5, 5.41) is 1.04. The minimum atomic E-state index is -0.516. The quantitative estimate of drug-likeness (QED) is 0.575. The van der Waals surface area contributed by atoms with E-state index in [1.807, 2.05) is 0 Å². The summed E-state index contributed by atoms with van der Waals surface area (Å²) in [4.78, 5) is 22.3. The number of hydrogen-bond donors (Lipinski definition) is 0. The van der Waals surface area contributed by atoms with Gasteiger partial charge in [-0.3, -0.25) is 9.59 Å². The van der Waals surface area contributed by atoms with Crippen LogP contribution in [0, 0.1) is 0 Å². The zero-order chi connectivity index (χ0) is 11.7. The first-order chi connectivity index (χ1) is 7.56. The van der Waals surface area contributed by atoms with Gasteiger partial charge < -0.3 is 4.74 Å². The van der Waals surface area contributed by atoms with Crippen molar-refractivity contribution in [2.24, 2.45) is 0 Å². The number of rotatable bonds is 1. The van der Waals surface area contributed by atoms with Gasteiger partial charge in [-0.25, -0.2) is 0 Å². The first kappa shape index (κ1) is 11.4. The largest absolute Gasteiger partial charge is 0.393 e. The van der Waals surface area contributed by atoms with Crippen LogP contribution in [0.25, 0.3) is 0 Å². The summed E-state index contributed by atoms with van der Waals surface area (Å²) in [5.74, 6) is -1.27. The Balaban J connectivity index is 2.32. The van der Waals surface area contributed by atoms with Gasteiger partial charge in [0, 0.05) is 16.0 Å². The van der Waals surface area contributed by atoms with E-state index in [1.54, 1.807) is 18.2 Å². The van der Waals surface area contributed by atoms with Crippen LogP contribution in [0.2, 0.25) is 10.0 Å². The Kier molecular flexibility index (Phi) is 3.17. The molecule has 0 aliphatic carbocycles. The minimum absolute atomic E-state index is 0.159. The van der Waals surface area contributed by atoms with Gasteiger partial charge in [-0.2, -0.15) is 0 Å². The fourth-order valence-corrected chi connectivity index (χ4v) is 2.18. The maximum absolute atomic E-state index is 11.1. The SMILES string of the molecule is O=C1CC(c2cc(Cl)ccc2Cl)CC(=O)O1.